The van der Waals surface area contributed by atoms with Crippen molar-refractivity contribution < 1.29 is 69.0 Å². The average Bonchev–Trinajstić information content (AvgIpc) is 3.28. The maximum atomic E-state index is 12.9. The molecule has 14 heteroatoms. The third-order valence-electron chi connectivity index (χ3n) is 10.4. The zero-order valence-corrected chi connectivity index (χ0v) is 37.8. The van der Waals surface area contributed by atoms with Gasteiger partial charge in [0.25, 0.3) is 0 Å². The van der Waals surface area contributed by atoms with Gasteiger partial charge in [-0.2, -0.15) is 0 Å². The zero-order chi connectivity index (χ0) is 45.9. The quantitative estimate of drug-likeness (QED) is 0.0234. The first-order chi connectivity index (χ1) is 30.6. The summed E-state index contributed by atoms with van der Waals surface area (Å²) in [7, 11) is 0. The molecule has 0 bridgehead atoms. The summed E-state index contributed by atoms with van der Waals surface area (Å²) in [5, 5.41) is 71.9. The second kappa shape index (κ2) is 36.4. The molecule has 0 aromatic heterocycles. The summed E-state index contributed by atoms with van der Waals surface area (Å²) in [5.41, 5.74) is 0. The van der Waals surface area contributed by atoms with Gasteiger partial charge < -0.3 is 64.2 Å². The highest BCUT2D eigenvalue weighted by Gasteiger charge is 2.47. The molecule has 360 valence electrons. The molecule has 0 spiro atoms. The van der Waals surface area contributed by atoms with Crippen molar-refractivity contribution in [2.24, 2.45) is 0 Å². The van der Waals surface area contributed by atoms with Crippen LogP contribution < -0.4 is 0 Å². The van der Waals surface area contributed by atoms with E-state index in [0.29, 0.717) is 13.0 Å². The van der Waals surface area contributed by atoms with E-state index in [1.807, 2.05) is 0 Å². The van der Waals surface area contributed by atoms with E-state index in [-0.39, 0.29) is 19.6 Å². The van der Waals surface area contributed by atoms with E-state index in [1.165, 1.54) is 0 Å². The van der Waals surface area contributed by atoms with Crippen LogP contribution >= 0.6 is 0 Å². The Morgan fingerprint density at radius 2 is 0.984 bits per heavy atom. The first kappa shape index (κ1) is 56.3. The summed E-state index contributed by atoms with van der Waals surface area (Å²) in [6.07, 6.45) is 28.1. The number of rotatable bonds is 34. The van der Waals surface area contributed by atoms with Crippen LogP contribution in [0.1, 0.15) is 117 Å². The highest BCUT2D eigenvalue weighted by Crippen LogP contribution is 2.26. The number of aliphatic hydroxyl groups is 7. The van der Waals surface area contributed by atoms with Crippen molar-refractivity contribution in [1.29, 1.82) is 0 Å². The Bertz CT molecular complexity index is 1360. The van der Waals surface area contributed by atoms with E-state index in [1.54, 1.807) is 0 Å². The second-order valence-corrected chi connectivity index (χ2v) is 15.8. The summed E-state index contributed by atoms with van der Waals surface area (Å²) >= 11 is 0. The molecule has 2 fully saturated rings. The number of unbranched alkanes of at least 4 members (excludes halogenated alkanes) is 6. The van der Waals surface area contributed by atoms with Gasteiger partial charge in [0.15, 0.2) is 12.6 Å². The van der Waals surface area contributed by atoms with E-state index in [0.717, 1.165) is 89.9 Å². The maximum Gasteiger partial charge on any atom is 0.306 e. The van der Waals surface area contributed by atoms with E-state index in [9.17, 15) is 40.5 Å². The third kappa shape index (κ3) is 24.9. The molecule has 11 atom stereocenters. The molecule has 0 aromatic rings. The minimum atomic E-state index is -1.72. The van der Waals surface area contributed by atoms with Gasteiger partial charge in [0, 0.05) is 13.0 Å². The van der Waals surface area contributed by atoms with Gasteiger partial charge in [-0.3, -0.25) is 4.79 Å². The van der Waals surface area contributed by atoms with E-state index < -0.39 is 86.7 Å². The number of ether oxygens (including phenoxy) is 6. The fourth-order valence-electron chi connectivity index (χ4n) is 6.65. The van der Waals surface area contributed by atoms with Crippen molar-refractivity contribution in [3.8, 4) is 0 Å². The summed E-state index contributed by atoms with van der Waals surface area (Å²) < 4.78 is 34.1. The van der Waals surface area contributed by atoms with Crippen LogP contribution in [0, 0.1) is 0 Å². The van der Waals surface area contributed by atoms with E-state index in [2.05, 4.69) is 98.9 Å². The molecule has 7 N–H and O–H groups in total. The molecular weight excluding hydrogens is 813 g/mol. The Morgan fingerprint density at radius 1 is 0.524 bits per heavy atom. The molecule has 2 rings (SSSR count). The number of hydrogen-bond acceptors (Lipinski definition) is 14. The molecule has 2 heterocycles. The Kier molecular flexibility index (Phi) is 32.5. The number of esters is 1. The maximum absolute atomic E-state index is 12.9. The van der Waals surface area contributed by atoms with Crippen LogP contribution in [-0.4, -0.2) is 142 Å². The van der Waals surface area contributed by atoms with Crippen LogP contribution in [0.2, 0.25) is 0 Å². The lowest BCUT2D eigenvalue weighted by molar-refractivity contribution is -0.332. The van der Waals surface area contributed by atoms with Gasteiger partial charge in [0.05, 0.1) is 26.4 Å². The molecule has 0 aliphatic carbocycles. The summed E-state index contributed by atoms with van der Waals surface area (Å²) in [4.78, 5) is 12.9. The predicted octanol–water partition coefficient (Wildman–Crippen LogP) is 5.73. The van der Waals surface area contributed by atoms with Gasteiger partial charge in [-0.15, -0.1) is 0 Å². The van der Waals surface area contributed by atoms with Gasteiger partial charge >= 0.3 is 5.97 Å². The third-order valence-corrected chi connectivity index (χ3v) is 10.4. The van der Waals surface area contributed by atoms with Crippen molar-refractivity contribution in [3.05, 3.63) is 85.1 Å². The van der Waals surface area contributed by atoms with Crippen LogP contribution in [0.15, 0.2) is 85.1 Å². The molecule has 0 amide bonds. The Morgan fingerprint density at radius 3 is 1.54 bits per heavy atom. The van der Waals surface area contributed by atoms with Crippen LogP contribution in [0.5, 0.6) is 0 Å². The monoisotopic (exact) mass is 893 g/mol. The molecule has 2 aliphatic rings. The normalized spacial score (nSPS) is 27.8. The first-order valence-corrected chi connectivity index (χ1v) is 23.2. The van der Waals surface area contributed by atoms with Crippen LogP contribution in [0.25, 0.3) is 0 Å². The number of aliphatic hydroxyl groups excluding tert-OH is 7. The second-order valence-electron chi connectivity index (χ2n) is 15.8. The Labute approximate surface area is 376 Å². The Balaban J connectivity index is 1.85. The Hall–Kier alpha value is -2.83. The fraction of sp³-hybridized carbons (Fsp3) is 0.694. The molecule has 2 saturated heterocycles. The van der Waals surface area contributed by atoms with Crippen molar-refractivity contribution in [3.63, 3.8) is 0 Å². The SMILES string of the molecule is CC/C=C\C/C=C\C/C=C\C/C=C\CCCOCC(COC1OC(COC2OC(CO)C(O)C(O)C2O)C(O)C(O)C1O)OC(=O)CCCCCCC/C=C\C/C=C\C/C=C\CC. The number of allylic oxidation sites excluding steroid dienone is 14. The molecule has 14 nitrogen and oxygen atoms in total. The first-order valence-electron chi connectivity index (χ1n) is 23.2. The summed E-state index contributed by atoms with van der Waals surface area (Å²) in [6.45, 7) is 3.24. The minimum Gasteiger partial charge on any atom is -0.457 e. The number of carbonyl (C=O) groups is 1. The van der Waals surface area contributed by atoms with Gasteiger partial charge in [-0.1, -0.05) is 118 Å². The largest absolute Gasteiger partial charge is 0.457 e. The van der Waals surface area contributed by atoms with E-state index >= 15 is 0 Å². The number of hydrogen-bond donors (Lipinski definition) is 7. The molecule has 0 radical (unpaired) electrons. The summed E-state index contributed by atoms with van der Waals surface area (Å²) in [6, 6.07) is 0. The predicted molar refractivity (Wildman–Crippen MR) is 242 cm³/mol. The van der Waals surface area contributed by atoms with Crippen molar-refractivity contribution in [2.45, 2.75) is 184 Å². The van der Waals surface area contributed by atoms with Gasteiger partial charge in [0.2, 0.25) is 0 Å². The lowest BCUT2D eigenvalue weighted by Crippen LogP contribution is -2.61. The van der Waals surface area contributed by atoms with E-state index in [4.69, 9.17) is 28.4 Å². The van der Waals surface area contributed by atoms with Crippen molar-refractivity contribution in [2.75, 3.05) is 33.0 Å². The van der Waals surface area contributed by atoms with Gasteiger partial charge in [-0.25, -0.2) is 0 Å². The van der Waals surface area contributed by atoms with Gasteiger partial charge in [-0.05, 0) is 77.0 Å². The molecule has 11 unspecified atom stereocenters. The molecule has 63 heavy (non-hydrogen) atoms. The van der Waals surface area contributed by atoms with Gasteiger partial charge in [0.1, 0.15) is 54.9 Å². The smallest absolute Gasteiger partial charge is 0.306 e. The van der Waals surface area contributed by atoms with Crippen molar-refractivity contribution in [1.82, 2.24) is 0 Å². The topological polar surface area (TPSA) is 214 Å². The lowest BCUT2D eigenvalue weighted by Gasteiger charge is -2.42. The van der Waals surface area contributed by atoms with Crippen LogP contribution in [0.3, 0.4) is 0 Å². The van der Waals surface area contributed by atoms with Crippen molar-refractivity contribution >= 4 is 5.97 Å². The zero-order valence-electron chi connectivity index (χ0n) is 37.8. The lowest BCUT2D eigenvalue weighted by atomic mass is 9.98. The molecule has 0 saturated carbocycles. The fourth-order valence-corrected chi connectivity index (χ4v) is 6.65. The van der Waals surface area contributed by atoms with Crippen LogP contribution in [-0.2, 0) is 33.2 Å². The summed E-state index contributed by atoms with van der Waals surface area (Å²) in [5.74, 6) is -0.417. The van der Waals surface area contributed by atoms with Crippen LogP contribution in [0.4, 0.5) is 0 Å². The number of carbonyl (C=O) groups excluding carboxylic acids is 1. The highest BCUT2D eigenvalue weighted by molar-refractivity contribution is 5.69. The minimum absolute atomic E-state index is 0.0107. The average molecular weight is 893 g/mol. The molecule has 2 aliphatic heterocycles. The molecule has 0 aromatic carbocycles. The standard InChI is InChI=1S/C49H80O14/c1-3-5-7-9-11-13-15-17-19-20-22-24-26-28-30-32-41(51)61-38(35-58-33-31-29-27-25-23-21-18-16-14-12-10-8-6-4-2)36-59-48-47(57)45(55)43(53)40(63-48)37-60-49-46(56)44(54)42(52)39(34-50)62-49/h5-8,11-14,17-19,21,25,27,38-40,42-50,52-57H,3-4,9-10,15-16,20,22-24,26,28-37H2,1-2H3/b7-5-,8-6-,13-11-,14-12-,19-17-,21-18-,27-25-. The highest BCUT2D eigenvalue weighted by atomic mass is 16.7. The molecular formula is C49H80O14.